The molecule has 1 spiro atoms. The van der Waals surface area contributed by atoms with Crippen molar-refractivity contribution >= 4 is 44.2 Å². The first kappa shape index (κ1) is 18.1. The second kappa shape index (κ2) is 6.81. The highest BCUT2D eigenvalue weighted by Crippen LogP contribution is 2.74. The van der Waals surface area contributed by atoms with Gasteiger partial charge in [-0.05, 0) is 84.8 Å². The topological polar surface area (TPSA) is 83.1 Å². The molecule has 4 aliphatic rings. The molecule has 2 heterocycles. The molecule has 3 aliphatic carbocycles. The Bertz CT molecular complexity index is 759. The Kier molecular flexibility index (Phi) is 4.56. The molecule has 6 nitrogen and oxygen atoms in total. The molecule has 0 aromatic carbocycles. The summed E-state index contributed by atoms with van der Waals surface area (Å²) in [5.74, 6) is 0.444. The van der Waals surface area contributed by atoms with Crippen molar-refractivity contribution in [1.82, 2.24) is 15.6 Å². The maximum Gasteiger partial charge on any atom is 0.230 e. The molecule has 8 heteroatoms. The number of piperidine rings is 1. The Morgan fingerprint density at radius 2 is 1.78 bits per heavy atom. The lowest BCUT2D eigenvalue weighted by atomic mass is 9.78. The molecule has 0 radical (unpaired) electrons. The van der Waals surface area contributed by atoms with E-state index in [2.05, 4.69) is 36.9 Å². The van der Waals surface area contributed by atoms with E-state index in [1.165, 1.54) is 24.2 Å². The van der Waals surface area contributed by atoms with Crippen molar-refractivity contribution in [2.75, 3.05) is 18.4 Å². The van der Waals surface area contributed by atoms with Gasteiger partial charge in [-0.1, -0.05) is 11.3 Å². The highest BCUT2D eigenvalue weighted by molar-refractivity contribution is 9.11. The quantitative estimate of drug-likeness (QED) is 0.655. The average Bonchev–Trinajstić information content (AvgIpc) is 3.15. The second-order valence-corrected chi connectivity index (χ2v) is 11.0. The molecular formula is C19H25BrN4O2S. The number of rotatable bonds is 4. The summed E-state index contributed by atoms with van der Waals surface area (Å²) in [6.07, 6.45) is 8.20. The van der Waals surface area contributed by atoms with Gasteiger partial charge in [-0.3, -0.25) is 9.59 Å². The van der Waals surface area contributed by atoms with Crippen molar-refractivity contribution < 1.29 is 9.59 Å². The fraction of sp³-hybridized carbons (Fsp3) is 0.737. The van der Waals surface area contributed by atoms with E-state index in [4.69, 9.17) is 0 Å². The third kappa shape index (κ3) is 3.04. The molecule has 27 heavy (non-hydrogen) atoms. The number of hydrogen-bond donors (Lipinski definition) is 3. The number of aromatic nitrogens is 1. The molecule has 1 aliphatic heterocycles. The summed E-state index contributed by atoms with van der Waals surface area (Å²) in [5, 5.41) is 10.2. The molecule has 1 aromatic heterocycles. The van der Waals surface area contributed by atoms with Gasteiger partial charge in [-0.15, -0.1) is 0 Å². The largest absolute Gasteiger partial charge is 0.353 e. The van der Waals surface area contributed by atoms with Gasteiger partial charge >= 0.3 is 0 Å². The van der Waals surface area contributed by atoms with E-state index >= 15 is 0 Å². The zero-order chi connectivity index (χ0) is 18.6. The monoisotopic (exact) mass is 452 g/mol. The zero-order valence-corrected chi connectivity index (χ0v) is 17.6. The van der Waals surface area contributed by atoms with Crippen LogP contribution >= 0.6 is 27.3 Å². The molecule has 4 atom stereocenters. The van der Waals surface area contributed by atoms with Crippen LogP contribution in [0.15, 0.2) is 9.98 Å². The first-order chi connectivity index (χ1) is 13.1. The van der Waals surface area contributed by atoms with Crippen LogP contribution in [0.5, 0.6) is 0 Å². The summed E-state index contributed by atoms with van der Waals surface area (Å²) < 4.78 is 0.893. The first-order valence-electron chi connectivity index (χ1n) is 10.0. The molecule has 0 unspecified atom stereocenters. The van der Waals surface area contributed by atoms with E-state index < -0.39 is 0 Å². The van der Waals surface area contributed by atoms with Crippen LogP contribution in [-0.4, -0.2) is 35.9 Å². The number of hydrogen-bond acceptors (Lipinski definition) is 5. The van der Waals surface area contributed by atoms with Gasteiger partial charge in [-0.25, -0.2) is 4.98 Å². The normalized spacial score (nSPS) is 34.0. The predicted molar refractivity (Wildman–Crippen MR) is 107 cm³/mol. The second-order valence-electron chi connectivity index (χ2n) is 8.57. The Morgan fingerprint density at radius 3 is 2.37 bits per heavy atom. The number of carbonyl (C=O) groups excluding carboxylic acids is 2. The molecule has 4 fully saturated rings. The fourth-order valence-corrected chi connectivity index (χ4v) is 7.24. The summed E-state index contributed by atoms with van der Waals surface area (Å²) >= 11 is 4.81. The number of nitrogens with one attached hydrogen (secondary N) is 3. The molecule has 2 bridgehead atoms. The Balaban J connectivity index is 1.36. The van der Waals surface area contributed by atoms with Crippen LogP contribution in [0.4, 0.5) is 5.13 Å². The van der Waals surface area contributed by atoms with Crippen molar-refractivity contribution in [3.8, 4) is 0 Å². The summed E-state index contributed by atoms with van der Waals surface area (Å²) in [5.41, 5.74) is 0.265. The van der Waals surface area contributed by atoms with E-state index in [0.29, 0.717) is 17.0 Å². The summed E-state index contributed by atoms with van der Waals surface area (Å²) in [7, 11) is 0. The number of thiazole rings is 1. The average molecular weight is 453 g/mol. The number of carbonyl (C=O) groups is 2. The molecule has 3 N–H and O–H groups in total. The van der Waals surface area contributed by atoms with Gasteiger partial charge in [0.25, 0.3) is 0 Å². The minimum atomic E-state index is -0.212. The van der Waals surface area contributed by atoms with Crippen molar-refractivity contribution in [2.45, 2.75) is 44.6 Å². The van der Waals surface area contributed by atoms with E-state index in [1.807, 2.05) is 0 Å². The Hall–Kier alpha value is -0.990. The molecule has 1 aromatic rings. The lowest BCUT2D eigenvalue weighted by Gasteiger charge is -2.31. The smallest absolute Gasteiger partial charge is 0.230 e. The van der Waals surface area contributed by atoms with Gasteiger partial charge in [-0.2, -0.15) is 0 Å². The van der Waals surface area contributed by atoms with E-state index in [0.717, 1.165) is 42.6 Å². The van der Waals surface area contributed by atoms with Crippen LogP contribution in [0.2, 0.25) is 0 Å². The number of anilines is 1. The van der Waals surface area contributed by atoms with Crippen LogP contribution in [0.25, 0.3) is 0 Å². The highest BCUT2D eigenvalue weighted by atomic mass is 79.9. The van der Waals surface area contributed by atoms with E-state index in [-0.39, 0.29) is 35.1 Å². The molecule has 5 rings (SSSR count). The van der Waals surface area contributed by atoms with Crippen LogP contribution in [-0.2, 0) is 9.59 Å². The summed E-state index contributed by atoms with van der Waals surface area (Å²) in [6.45, 7) is 1.91. The fourth-order valence-electron chi connectivity index (χ4n) is 6.13. The van der Waals surface area contributed by atoms with E-state index in [1.54, 1.807) is 6.20 Å². The lowest BCUT2D eigenvalue weighted by molar-refractivity contribution is -0.135. The third-order valence-electron chi connectivity index (χ3n) is 7.35. The maximum absolute atomic E-state index is 13.3. The number of halogens is 1. The molecule has 3 saturated carbocycles. The van der Waals surface area contributed by atoms with Crippen LogP contribution in [0, 0.1) is 29.1 Å². The van der Waals surface area contributed by atoms with Gasteiger partial charge in [0.1, 0.15) is 0 Å². The lowest BCUT2D eigenvalue weighted by Crippen LogP contribution is -2.49. The predicted octanol–water partition coefficient (Wildman–Crippen LogP) is 2.76. The Labute approximate surface area is 171 Å². The van der Waals surface area contributed by atoms with Gasteiger partial charge < -0.3 is 16.0 Å². The van der Waals surface area contributed by atoms with Crippen molar-refractivity contribution in [1.29, 1.82) is 0 Å². The SMILES string of the molecule is O=C(NC1CCNCC1)[C@H]1[C@H](C(=O)Nc2ncc(Br)s2)[C@@H]2CC[C@H]1C21CC1. The zero-order valence-electron chi connectivity index (χ0n) is 15.2. The van der Waals surface area contributed by atoms with Gasteiger partial charge in [0.2, 0.25) is 11.8 Å². The summed E-state index contributed by atoms with van der Waals surface area (Å²) in [6, 6.07) is 0.242. The van der Waals surface area contributed by atoms with Gasteiger partial charge in [0, 0.05) is 6.04 Å². The summed E-state index contributed by atoms with van der Waals surface area (Å²) in [4.78, 5) is 30.7. The van der Waals surface area contributed by atoms with Crippen molar-refractivity contribution in [2.24, 2.45) is 29.1 Å². The Morgan fingerprint density at radius 1 is 1.11 bits per heavy atom. The highest BCUT2D eigenvalue weighted by Gasteiger charge is 2.71. The van der Waals surface area contributed by atoms with Crippen molar-refractivity contribution in [3.63, 3.8) is 0 Å². The molecule has 2 amide bonds. The van der Waals surface area contributed by atoms with Crippen LogP contribution in [0.3, 0.4) is 0 Å². The molecule has 1 saturated heterocycles. The molecular weight excluding hydrogens is 428 g/mol. The maximum atomic E-state index is 13.3. The van der Waals surface area contributed by atoms with E-state index in [9.17, 15) is 9.59 Å². The van der Waals surface area contributed by atoms with Gasteiger partial charge in [0.05, 0.1) is 21.8 Å². The van der Waals surface area contributed by atoms with Crippen LogP contribution in [0.1, 0.15) is 38.5 Å². The molecule has 146 valence electrons. The minimum absolute atomic E-state index is 0.0132. The number of nitrogens with zero attached hydrogens (tertiary/aromatic N) is 1. The number of amides is 2. The van der Waals surface area contributed by atoms with Crippen molar-refractivity contribution in [3.05, 3.63) is 9.98 Å². The third-order valence-corrected chi connectivity index (χ3v) is 8.74. The van der Waals surface area contributed by atoms with Crippen LogP contribution < -0.4 is 16.0 Å². The standard InChI is InChI=1S/C19H25BrN4O2S/c20-13-9-22-18(27-13)24-17(26)15-12-2-1-11(19(12)5-6-19)14(15)16(25)23-10-3-7-21-8-4-10/h9-12,14-15,21H,1-8H2,(H,23,25)(H,22,24,26)/t11-,12+,14-,15-/m1/s1. The minimum Gasteiger partial charge on any atom is -0.353 e. The first-order valence-corrected chi connectivity index (χ1v) is 11.6. The van der Waals surface area contributed by atoms with Gasteiger partial charge in [0.15, 0.2) is 5.13 Å².